The molecule has 1 amide bonds. The molecule has 0 atom stereocenters. The first kappa shape index (κ1) is 13.3. The third-order valence-corrected chi connectivity index (χ3v) is 2.94. The molecule has 0 aromatic carbocycles. The molecule has 0 aliphatic rings. The van der Waals surface area contributed by atoms with Gasteiger partial charge in [0.2, 0.25) is 5.71 Å². The van der Waals surface area contributed by atoms with E-state index in [0.717, 1.165) is 0 Å². The maximum Gasteiger partial charge on any atom is 0.265 e. The van der Waals surface area contributed by atoms with Gasteiger partial charge >= 0.3 is 0 Å². The number of hydrogen-bond acceptors (Lipinski definition) is 5. The zero-order valence-electron chi connectivity index (χ0n) is 11.0. The first-order valence-electron chi connectivity index (χ1n) is 5.78. The highest BCUT2D eigenvalue weighted by molar-refractivity contribution is 6.06. The van der Waals surface area contributed by atoms with Crippen LogP contribution in [-0.2, 0) is 7.05 Å². The summed E-state index contributed by atoms with van der Waals surface area (Å²) in [5.41, 5.74) is 0.0311. The zero-order valence-corrected chi connectivity index (χ0v) is 11.0. The van der Waals surface area contributed by atoms with Gasteiger partial charge < -0.3 is 19.0 Å². The summed E-state index contributed by atoms with van der Waals surface area (Å²) in [7, 11) is 3.11. The minimum absolute atomic E-state index is 0.146. The number of aromatic nitrogens is 2. The van der Waals surface area contributed by atoms with Crippen LogP contribution in [0, 0.1) is 6.92 Å². The zero-order chi connectivity index (χ0) is 14.2. The molecule has 0 unspecified atom stereocenters. The molecule has 0 bridgehead atoms. The molecule has 0 saturated heterocycles. The van der Waals surface area contributed by atoms with Gasteiger partial charge in [0.15, 0.2) is 0 Å². The van der Waals surface area contributed by atoms with Crippen LogP contribution in [-0.4, -0.2) is 45.7 Å². The van der Waals surface area contributed by atoms with E-state index in [1.165, 1.54) is 15.8 Å². The van der Waals surface area contributed by atoms with Gasteiger partial charge in [-0.15, -0.1) is 0 Å². The Bertz CT molecular complexity index is 686. The predicted octanol–water partition coefficient (Wildman–Crippen LogP) is -0.101. The van der Waals surface area contributed by atoms with E-state index in [1.54, 1.807) is 21.0 Å². The molecule has 0 fully saturated rings. The van der Waals surface area contributed by atoms with E-state index < -0.39 is 0 Å². The van der Waals surface area contributed by atoms with Crippen molar-refractivity contribution in [3.8, 4) is 0 Å². The number of carbonyl (C=O) groups is 1. The van der Waals surface area contributed by atoms with E-state index in [-0.39, 0.29) is 41.3 Å². The molecule has 2 heterocycles. The standard InChI is InChI=1S/C12H15N3O4/c1-7-8(11(17)14(2)4-5-16)9-10(19-7)13-6-15(3)12(9)18/h6,16H,4-5H2,1-3H3. The Morgan fingerprint density at radius 3 is 2.89 bits per heavy atom. The molecule has 102 valence electrons. The summed E-state index contributed by atoms with van der Waals surface area (Å²) in [6, 6.07) is 0. The summed E-state index contributed by atoms with van der Waals surface area (Å²) in [5.74, 6) is -0.0176. The molecular weight excluding hydrogens is 250 g/mol. The molecule has 2 rings (SSSR count). The van der Waals surface area contributed by atoms with Crippen LogP contribution in [0.5, 0.6) is 0 Å². The number of hydrogen-bond donors (Lipinski definition) is 1. The number of fused-ring (bicyclic) bond motifs is 1. The van der Waals surface area contributed by atoms with Crippen LogP contribution in [0.4, 0.5) is 0 Å². The lowest BCUT2D eigenvalue weighted by Crippen LogP contribution is -2.31. The van der Waals surface area contributed by atoms with Crippen molar-refractivity contribution in [2.45, 2.75) is 6.92 Å². The quantitative estimate of drug-likeness (QED) is 0.837. The molecule has 0 aliphatic heterocycles. The summed E-state index contributed by atoms with van der Waals surface area (Å²) in [6.07, 6.45) is 1.35. The summed E-state index contributed by atoms with van der Waals surface area (Å²) >= 11 is 0. The summed E-state index contributed by atoms with van der Waals surface area (Å²) in [4.78, 5) is 29.7. The number of likely N-dealkylation sites (N-methyl/N-ethyl adjacent to an activating group) is 1. The average Bonchev–Trinajstić information content (AvgIpc) is 2.70. The van der Waals surface area contributed by atoms with Crippen molar-refractivity contribution >= 4 is 17.0 Å². The smallest absolute Gasteiger partial charge is 0.265 e. The van der Waals surface area contributed by atoms with Gasteiger partial charge in [-0.25, -0.2) is 4.98 Å². The summed E-state index contributed by atoms with van der Waals surface area (Å²) in [6.45, 7) is 1.65. The van der Waals surface area contributed by atoms with E-state index >= 15 is 0 Å². The van der Waals surface area contributed by atoms with E-state index in [9.17, 15) is 9.59 Å². The highest BCUT2D eigenvalue weighted by Crippen LogP contribution is 2.21. The number of aliphatic hydroxyl groups excluding tert-OH is 1. The fourth-order valence-corrected chi connectivity index (χ4v) is 1.89. The monoisotopic (exact) mass is 265 g/mol. The number of aliphatic hydroxyl groups is 1. The molecule has 7 heteroatoms. The highest BCUT2D eigenvalue weighted by Gasteiger charge is 2.24. The van der Waals surface area contributed by atoms with Gasteiger partial charge in [-0.3, -0.25) is 9.59 Å². The van der Waals surface area contributed by atoms with E-state index in [2.05, 4.69) is 4.98 Å². The Balaban J connectivity index is 2.66. The van der Waals surface area contributed by atoms with Gasteiger partial charge in [-0.05, 0) is 6.92 Å². The molecule has 7 nitrogen and oxygen atoms in total. The lowest BCUT2D eigenvalue weighted by atomic mass is 10.1. The lowest BCUT2D eigenvalue weighted by molar-refractivity contribution is 0.0767. The van der Waals surface area contributed by atoms with Crippen LogP contribution in [0.3, 0.4) is 0 Å². The van der Waals surface area contributed by atoms with Crippen LogP contribution in [0.2, 0.25) is 0 Å². The summed E-state index contributed by atoms with van der Waals surface area (Å²) < 4.78 is 6.64. The SMILES string of the molecule is Cc1oc2ncn(C)c(=O)c2c1C(=O)N(C)CCO. The molecule has 2 aromatic heterocycles. The molecule has 0 saturated carbocycles. The Morgan fingerprint density at radius 1 is 1.58 bits per heavy atom. The second kappa shape index (κ2) is 4.85. The molecule has 19 heavy (non-hydrogen) atoms. The van der Waals surface area contributed by atoms with E-state index in [1.807, 2.05) is 0 Å². The van der Waals surface area contributed by atoms with Gasteiger partial charge in [-0.2, -0.15) is 0 Å². The van der Waals surface area contributed by atoms with Crippen LogP contribution in [0.1, 0.15) is 16.1 Å². The van der Waals surface area contributed by atoms with Crippen molar-refractivity contribution in [1.29, 1.82) is 0 Å². The minimum atomic E-state index is -0.365. The van der Waals surface area contributed by atoms with Crippen LogP contribution in [0.15, 0.2) is 15.5 Å². The average molecular weight is 265 g/mol. The molecule has 2 aromatic rings. The van der Waals surface area contributed by atoms with Crippen LogP contribution in [0.25, 0.3) is 11.1 Å². The van der Waals surface area contributed by atoms with Crippen molar-refractivity contribution in [2.24, 2.45) is 7.05 Å². The van der Waals surface area contributed by atoms with Crippen molar-refractivity contribution in [3.63, 3.8) is 0 Å². The van der Waals surface area contributed by atoms with Crippen LogP contribution >= 0.6 is 0 Å². The fraction of sp³-hybridized carbons (Fsp3) is 0.417. The third kappa shape index (κ3) is 2.12. The minimum Gasteiger partial charge on any atom is -0.442 e. The van der Waals surface area contributed by atoms with Gasteiger partial charge in [-0.1, -0.05) is 0 Å². The third-order valence-electron chi connectivity index (χ3n) is 2.94. The molecular formula is C12H15N3O4. The van der Waals surface area contributed by atoms with Crippen molar-refractivity contribution in [3.05, 3.63) is 28.0 Å². The predicted molar refractivity (Wildman–Crippen MR) is 68.0 cm³/mol. The topological polar surface area (TPSA) is 88.6 Å². The highest BCUT2D eigenvalue weighted by atomic mass is 16.3. The van der Waals surface area contributed by atoms with Gasteiger partial charge in [0.05, 0.1) is 12.2 Å². The van der Waals surface area contributed by atoms with Crippen LogP contribution < -0.4 is 5.56 Å². The van der Waals surface area contributed by atoms with E-state index in [4.69, 9.17) is 9.52 Å². The number of amides is 1. The largest absolute Gasteiger partial charge is 0.442 e. The lowest BCUT2D eigenvalue weighted by Gasteiger charge is -2.14. The Labute approximate surface area is 109 Å². The second-order valence-corrected chi connectivity index (χ2v) is 4.32. The molecule has 0 spiro atoms. The van der Waals surface area contributed by atoms with Gasteiger partial charge in [0.1, 0.15) is 17.5 Å². The van der Waals surface area contributed by atoms with Crippen molar-refractivity contribution in [2.75, 3.05) is 20.2 Å². The first-order chi connectivity index (χ1) is 8.97. The number of rotatable bonds is 3. The maximum absolute atomic E-state index is 12.3. The summed E-state index contributed by atoms with van der Waals surface area (Å²) in [5, 5.41) is 9.05. The van der Waals surface area contributed by atoms with Gasteiger partial charge in [0.25, 0.3) is 11.5 Å². The number of nitrogens with zero attached hydrogens (tertiary/aromatic N) is 3. The Morgan fingerprint density at radius 2 is 2.26 bits per heavy atom. The molecule has 0 aliphatic carbocycles. The maximum atomic E-state index is 12.3. The number of carbonyl (C=O) groups excluding carboxylic acids is 1. The van der Waals surface area contributed by atoms with Crippen molar-refractivity contribution in [1.82, 2.24) is 14.5 Å². The first-order valence-corrected chi connectivity index (χ1v) is 5.78. The number of aryl methyl sites for hydroxylation is 2. The molecule has 1 N–H and O–H groups in total. The normalized spacial score (nSPS) is 10.9. The molecule has 0 radical (unpaired) electrons. The Hall–Kier alpha value is -2.15. The van der Waals surface area contributed by atoms with Crippen molar-refractivity contribution < 1.29 is 14.3 Å². The van der Waals surface area contributed by atoms with E-state index in [0.29, 0.717) is 5.76 Å². The number of furan rings is 1. The second-order valence-electron chi connectivity index (χ2n) is 4.32. The van der Waals surface area contributed by atoms with Gasteiger partial charge in [0, 0.05) is 20.6 Å². The Kier molecular flexibility index (Phi) is 3.39. The fourth-order valence-electron chi connectivity index (χ4n) is 1.89.